The number of H-pyrrole nitrogens is 1. The molecule has 4 aromatic rings. The van der Waals surface area contributed by atoms with Gasteiger partial charge in [0.15, 0.2) is 0 Å². The second kappa shape index (κ2) is 7.16. The number of allylic oxidation sites excluding steroid dienone is 1. The maximum absolute atomic E-state index is 13.4. The number of aromatic nitrogens is 4. The predicted octanol–water partition coefficient (Wildman–Crippen LogP) is 2.84. The molecule has 3 aromatic heterocycles. The Morgan fingerprint density at radius 3 is 2.75 bits per heavy atom. The summed E-state index contributed by atoms with van der Waals surface area (Å²) < 4.78 is 15.4. The van der Waals surface area contributed by atoms with Crippen molar-refractivity contribution < 1.29 is 4.39 Å². The smallest absolute Gasteiger partial charge is 0.137 e. The summed E-state index contributed by atoms with van der Waals surface area (Å²) in [5.41, 5.74) is 10.9. The van der Waals surface area contributed by atoms with Gasteiger partial charge in [0.2, 0.25) is 0 Å². The normalized spacial score (nSPS) is 11.9. The minimum Gasteiger partial charge on any atom is -0.399 e. The Morgan fingerprint density at radius 2 is 2.00 bits per heavy atom. The van der Waals surface area contributed by atoms with Crippen LogP contribution in [-0.4, -0.2) is 31.6 Å². The van der Waals surface area contributed by atoms with Gasteiger partial charge in [-0.25, -0.2) is 20.2 Å². The Balaban J connectivity index is 1.91. The summed E-state index contributed by atoms with van der Waals surface area (Å²) in [7, 11) is 1.71. The van der Waals surface area contributed by atoms with Crippen LogP contribution in [0.15, 0.2) is 67.0 Å². The lowest BCUT2D eigenvalue weighted by atomic mass is 10.0. The highest BCUT2D eigenvalue weighted by molar-refractivity contribution is 5.95. The van der Waals surface area contributed by atoms with Crippen LogP contribution in [0.3, 0.4) is 0 Å². The Labute approximate surface area is 161 Å². The molecule has 0 aliphatic heterocycles. The van der Waals surface area contributed by atoms with Gasteiger partial charge in [-0.15, -0.1) is 0 Å². The zero-order chi connectivity index (χ0) is 19.7. The van der Waals surface area contributed by atoms with E-state index >= 15 is 0 Å². The van der Waals surface area contributed by atoms with E-state index in [-0.39, 0.29) is 5.82 Å². The first-order valence-electron chi connectivity index (χ1n) is 8.70. The predicted molar refractivity (Wildman–Crippen MR) is 107 cm³/mol. The van der Waals surface area contributed by atoms with E-state index in [1.165, 1.54) is 17.1 Å². The van der Waals surface area contributed by atoms with Crippen molar-refractivity contribution in [1.82, 2.24) is 24.5 Å². The van der Waals surface area contributed by atoms with Crippen molar-refractivity contribution in [3.63, 3.8) is 0 Å². The summed E-state index contributed by atoms with van der Waals surface area (Å²) in [6.07, 6.45) is 6.97. The van der Waals surface area contributed by atoms with Crippen LogP contribution in [-0.2, 0) is 6.54 Å². The molecule has 8 heteroatoms. The summed E-state index contributed by atoms with van der Waals surface area (Å²) >= 11 is 0. The maximum atomic E-state index is 13.4. The molecule has 0 saturated carbocycles. The third kappa shape index (κ3) is 3.33. The number of hydrazine groups is 1. The third-order valence-corrected chi connectivity index (χ3v) is 4.39. The molecule has 142 valence electrons. The molecule has 0 aliphatic carbocycles. The average molecular weight is 377 g/mol. The van der Waals surface area contributed by atoms with E-state index in [2.05, 4.69) is 15.0 Å². The van der Waals surface area contributed by atoms with Gasteiger partial charge in [-0.05, 0) is 36.4 Å². The van der Waals surface area contributed by atoms with Crippen molar-refractivity contribution in [2.75, 3.05) is 7.05 Å². The lowest BCUT2D eigenvalue weighted by Gasteiger charge is -2.13. The van der Waals surface area contributed by atoms with Gasteiger partial charge in [0, 0.05) is 47.9 Å². The number of hydrogen-bond donors (Lipinski definition) is 3. The highest BCUT2D eigenvalue weighted by Gasteiger charge is 2.18. The number of nitrogens with two attached hydrogens (primary N) is 2. The maximum Gasteiger partial charge on any atom is 0.137 e. The number of fused-ring (bicyclic) bond motifs is 1. The molecule has 3 heterocycles. The highest BCUT2D eigenvalue weighted by Crippen LogP contribution is 2.35. The Bertz CT molecular complexity index is 1140. The first-order valence-corrected chi connectivity index (χ1v) is 8.70. The summed E-state index contributed by atoms with van der Waals surface area (Å²) in [6.45, 7) is 0.402. The second-order valence-electron chi connectivity index (χ2n) is 6.54. The Morgan fingerprint density at radius 1 is 1.21 bits per heavy atom. The fourth-order valence-electron chi connectivity index (χ4n) is 3.27. The zero-order valence-electron chi connectivity index (χ0n) is 15.3. The van der Waals surface area contributed by atoms with Crippen LogP contribution in [0.2, 0.25) is 0 Å². The van der Waals surface area contributed by atoms with Gasteiger partial charge in [0.1, 0.15) is 11.5 Å². The second-order valence-corrected chi connectivity index (χ2v) is 6.54. The van der Waals surface area contributed by atoms with E-state index in [1.807, 2.05) is 22.9 Å². The first-order chi connectivity index (χ1) is 13.5. The molecule has 0 aliphatic rings. The molecular formula is C20H20FN7. The summed E-state index contributed by atoms with van der Waals surface area (Å²) in [5, 5.41) is 2.37. The molecule has 0 bridgehead atoms. The SMILES string of the molecule is CN(N)/C=C(\N)Cn1cnc(-c2ccc(F)cc2)c1-c1ccnc2[nH]ccc12. The monoisotopic (exact) mass is 377 g/mol. The van der Waals surface area contributed by atoms with Crippen molar-refractivity contribution in [1.29, 1.82) is 0 Å². The number of benzene rings is 1. The molecule has 0 amide bonds. The minimum absolute atomic E-state index is 0.292. The van der Waals surface area contributed by atoms with E-state index in [9.17, 15) is 4.39 Å². The lowest BCUT2D eigenvalue weighted by Crippen LogP contribution is -2.22. The number of nitrogens with zero attached hydrogens (tertiary/aromatic N) is 4. The molecule has 5 N–H and O–H groups in total. The summed E-state index contributed by atoms with van der Waals surface area (Å²) in [6, 6.07) is 10.2. The number of rotatable bonds is 5. The molecule has 1 aromatic carbocycles. The number of pyridine rings is 1. The molecule has 0 radical (unpaired) electrons. The van der Waals surface area contributed by atoms with Gasteiger partial charge >= 0.3 is 0 Å². The van der Waals surface area contributed by atoms with Crippen LogP contribution >= 0.6 is 0 Å². The standard InChI is InChI=1S/C20H20FN7/c1-27(23)10-15(22)11-28-12-26-18(13-2-4-14(21)5-3-13)19(28)16-6-8-24-20-17(16)7-9-25-20/h2-10,12H,11,22-23H2,1H3,(H,24,25)/b15-10-. The van der Waals surface area contributed by atoms with Gasteiger partial charge in [-0.3, -0.25) is 0 Å². The average Bonchev–Trinajstić information content (AvgIpc) is 3.28. The number of hydrogen-bond acceptors (Lipinski definition) is 5. The number of halogens is 1. The Hall–Kier alpha value is -3.65. The van der Waals surface area contributed by atoms with Crippen LogP contribution in [0.5, 0.6) is 0 Å². The third-order valence-electron chi connectivity index (χ3n) is 4.39. The molecule has 28 heavy (non-hydrogen) atoms. The van der Waals surface area contributed by atoms with Crippen molar-refractivity contribution in [3.8, 4) is 22.5 Å². The van der Waals surface area contributed by atoms with Crippen molar-refractivity contribution in [2.45, 2.75) is 6.54 Å². The quantitative estimate of drug-likeness (QED) is 0.367. The molecule has 0 saturated heterocycles. The van der Waals surface area contributed by atoms with E-state index in [1.54, 1.807) is 37.9 Å². The van der Waals surface area contributed by atoms with Crippen LogP contribution in [0.1, 0.15) is 0 Å². The molecule has 7 nitrogen and oxygen atoms in total. The molecular weight excluding hydrogens is 357 g/mol. The van der Waals surface area contributed by atoms with E-state index < -0.39 is 0 Å². The van der Waals surface area contributed by atoms with Crippen LogP contribution in [0.4, 0.5) is 4.39 Å². The highest BCUT2D eigenvalue weighted by atomic mass is 19.1. The minimum atomic E-state index is -0.292. The van der Waals surface area contributed by atoms with E-state index in [0.29, 0.717) is 12.2 Å². The number of imidazole rings is 1. The molecule has 0 atom stereocenters. The number of nitrogens with one attached hydrogen (secondary N) is 1. The topological polar surface area (TPSA) is 102 Å². The van der Waals surface area contributed by atoms with Gasteiger partial charge < -0.3 is 20.3 Å². The fourth-order valence-corrected chi connectivity index (χ4v) is 3.27. The first kappa shape index (κ1) is 17.7. The molecule has 0 spiro atoms. The fraction of sp³-hybridized carbons (Fsp3) is 0.100. The van der Waals surface area contributed by atoms with Gasteiger partial charge in [0.25, 0.3) is 0 Å². The summed E-state index contributed by atoms with van der Waals surface area (Å²) in [4.78, 5) is 12.1. The van der Waals surface area contributed by atoms with E-state index in [4.69, 9.17) is 11.6 Å². The molecule has 0 unspecified atom stereocenters. The van der Waals surface area contributed by atoms with Crippen molar-refractivity contribution in [3.05, 3.63) is 72.8 Å². The van der Waals surface area contributed by atoms with Gasteiger partial charge in [-0.2, -0.15) is 0 Å². The Kier molecular flexibility index (Phi) is 4.54. The summed E-state index contributed by atoms with van der Waals surface area (Å²) in [5.74, 6) is 5.38. The lowest BCUT2D eigenvalue weighted by molar-refractivity contribution is 0.476. The molecule has 4 rings (SSSR count). The van der Waals surface area contributed by atoms with Gasteiger partial charge in [0.05, 0.1) is 24.3 Å². The van der Waals surface area contributed by atoms with Crippen molar-refractivity contribution >= 4 is 11.0 Å². The molecule has 0 fully saturated rings. The van der Waals surface area contributed by atoms with Crippen LogP contribution in [0, 0.1) is 5.82 Å². The largest absolute Gasteiger partial charge is 0.399 e. The number of aromatic amines is 1. The van der Waals surface area contributed by atoms with Crippen molar-refractivity contribution in [2.24, 2.45) is 11.6 Å². The van der Waals surface area contributed by atoms with Crippen LogP contribution in [0.25, 0.3) is 33.5 Å². The van der Waals surface area contributed by atoms with E-state index in [0.717, 1.165) is 33.5 Å². The van der Waals surface area contributed by atoms with Crippen LogP contribution < -0.4 is 11.6 Å². The van der Waals surface area contributed by atoms with Gasteiger partial charge in [-0.1, -0.05) is 0 Å². The zero-order valence-corrected chi connectivity index (χ0v) is 15.3.